The molecule has 494 valence electrons. The van der Waals surface area contributed by atoms with Gasteiger partial charge in [-0.15, -0.1) is 0 Å². The summed E-state index contributed by atoms with van der Waals surface area (Å²) < 4.78 is 60.7. The Morgan fingerprint density at radius 2 is 0.624 bits per heavy atom. The zero-order chi connectivity index (χ0) is 62.4. The molecule has 0 fully saturated rings. The zero-order valence-electron chi connectivity index (χ0n) is 53.3. The van der Waals surface area contributed by atoms with E-state index >= 15 is 0 Å². The fourth-order valence-corrected chi connectivity index (χ4v) is 10.4. The smallest absolute Gasteiger partial charge is 0.463 e. The summed E-state index contributed by atoms with van der Waals surface area (Å²) in [4.78, 5) is 58.2. The number of carbonyl (C=O) groups is 3. The maximum absolute atomic E-state index is 12.8. The summed E-state index contributed by atoms with van der Waals surface area (Å²) in [6.07, 6.45) is 62.6. The first-order valence-electron chi connectivity index (χ1n) is 33.2. The van der Waals surface area contributed by atoms with Gasteiger partial charge in [0.05, 0.1) is 26.4 Å². The van der Waals surface area contributed by atoms with E-state index in [2.05, 4.69) is 93.7 Å². The monoisotopic (exact) mass is 1240 g/mol. The van der Waals surface area contributed by atoms with Gasteiger partial charge in [-0.2, -0.15) is 0 Å². The molecule has 0 bridgehead atoms. The zero-order valence-corrected chi connectivity index (χ0v) is 55.1. The van der Waals surface area contributed by atoms with Crippen LogP contribution in [0.25, 0.3) is 0 Å². The van der Waals surface area contributed by atoms with Crippen molar-refractivity contribution in [1.29, 1.82) is 0 Å². The Bertz CT molecular complexity index is 1850. The Hall–Kier alpha value is -3.01. The first-order chi connectivity index (χ1) is 41.2. The number of phosphoric ester groups is 2. The lowest BCUT2D eigenvalue weighted by Gasteiger charge is -2.21. The van der Waals surface area contributed by atoms with E-state index in [1.54, 1.807) is 0 Å². The Morgan fingerprint density at radius 1 is 0.341 bits per heavy atom. The van der Waals surface area contributed by atoms with Crippen LogP contribution in [0.15, 0.2) is 72.9 Å². The molecule has 18 heteroatoms. The van der Waals surface area contributed by atoms with Crippen LogP contribution < -0.4 is 0 Å². The van der Waals surface area contributed by atoms with Gasteiger partial charge in [0.2, 0.25) is 0 Å². The van der Waals surface area contributed by atoms with Crippen molar-refractivity contribution >= 4 is 33.6 Å². The number of aliphatic hydroxyl groups is 2. The van der Waals surface area contributed by atoms with Crippen LogP contribution in [0.3, 0.4) is 0 Å². The Balaban J connectivity index is 4.47. The van der Waals surface area contributed by atoms with Crippen molar-refractivity contribution in [3.63, 3.8) is 0 Å². The number of hydrogen-bond donors (Lipinski definition) is 4. The number of esters is 3. The molecule has 16 nitrogen and oxygen atoms in total. The van der Waals surface area contributed by atoms with Crippen LogP contribution in [0, 0.1) is 0 Å². The number of unbranched alkanes of at least 4 members (excludes halogenated alkanes) is 28. The molecular formula is C67H120O16P2. The topological polar surface area (TPSA) is 231 Å². The molecule has 0 aromatic rings. The number of allylic oxidation sites excluding steroid dienone is 12. The van der Waals surface area contributed by atoms with Crippen LogP contribution >= 0.6 is 15.6 Å². The van der Waals surface area contributed by atoms with Crippen LogP contribution in [-0.4, -0.2) is 95.9 Å². The van der Waals surface area contributed by atoms with Gasteiger partial charge in [-0.1, -0.05) is 241 Å². The molecule has 0 radical (unpaired) electrons. The first-order valence-corrected chi connectivity index (χ1v) is 36.2. The SMILES string of the molecule is CC/C=C\C/C=C\C/C=C\C/C=C\C/C=C\CCCCCCCCCCCC(=O)OCC(O)COP(=O)(O)OCC(O)COP(=O)(O)OCC(COC(=O)CCCCCCC/C=C\CCCCCC)OC(=O)CCCCCCCCCCCCC. The van der Waals surface area contributed by atoms with Crippen molar-refractivity contribution in [3.8, 4) is 0 Å². The molecule has 0 aliphatic carbocycles. The molecule has 0 aliphatic heterocycles. The quantitative estimate of drug-likeness (QED) is 0.0146. The standard InChI is InChI=1S/C67H120O16P2/c1-4-7-10-13-16-19-22-24-25-26-27-28-29-30-31-32-33-34-35-37-40-41-44-47-50-53-65(70)77-56-62(68)57-79-84(73,74)80-58-63(69)59-81-85(75,76)82-61-64(83-67(72)55-52-49-46-43-38-21-18-15-12-9-6-3)60-78-66(71)54-51-48-45-42-39-36-23-20-17-14-11-8-5-2/h7,10,16,19-20,23-25,27-28,30-31,62-64,68-69H,4-6,8-9,11-15,17-18,21-22,26,29,32-61H2,1-3H3,(H,73,74)(H,75,76)/b10-7-,19-16-,23-20-,25-24-,28-27-,31-30-. The lowest BCUT2D eigenvalue weighted by Crippen LogP contribution is -2.30. The summed E-state index contributed by atoms with van der Waals surface area (Å²) in [6.45, 7) is 2.52. The van der Waals surface area contributed by atoms with Gasteiger partial charge < -0.3 is 34.2 Å². The normalized spacial score (nSPS) is 14.8. The summed E-state index contributed by atoms with van der Waals surface area (Å²) in [7, 11) is -9.76. The summed E-state index contributed by atoms with van der Waals surface area (Å²) in [5.41, 5.74) is 0. The maximum atomic E-state index is 12.8. The van der Waals surface area contributed by atoms with E-state index < -0.39 is 91.5 Å². The van der Waals surface area contributed by atoms with Gasteiger partial charge in [0.25, 0.3) is 0 Å². The molecule has 0 heterocycles. The van der Waals surface area contributed by atoms with E-state index in [1.807, 2.05) is 0 Å². The molecule has 0 aromatic heterocycles. The average molecular weight is 1240 g/mol. The van der Waals surface area contributed by atoms with Gasteiger partial charge in [-0.25, -0.2) is 9.13 Å². The highest BCUT2D eigenvalue weighted by molar-refractivity contribution is 7.47. The minimum absolute atomic E-state index is 0.108. The maximum Gasteiger partial charge on any atom is 0.472 e. The third-order valence-electron chi connectivity index (χ3n) is 13.9. The fourth-order valence-electron chi connectivity index (χ4n) is 8.83. The van der Waals surface area contributed by atoms with E-state index in [-0.39, 0.29) is 19.3 Å². The van der Waals surface area contributed by atoms with Crippen LogP contribution in [0.2, 0.25) is 0 Å². The van der Waals surface area contributed by atoms with Crippen molar-refractivity contribution in [2.45, 2.75) is 296 Å². The highest BCUT2D eigenvalue weighted by atomic mass is 31.2. The molecule has 4 N–H and O–H groups in total. The van der Waals surface area contributed by atoms with Gasteiger partial charge in [-0.05, 0) is 89.9 Å². The number of carbonyl (C=O) groups excluding carboxylic acids is 3. The van der Waals surface area contributed by atoms with Gasteiger partial charge in [0, 0.05) is 19.3 Å². The molecule has 5 unspecified atom stereocenters. The van der Waals surface area contributed by atoms with Gasteiger partial charge in [0.15, 0.2) is 6.10 Å². The highest BCUT2D eigenvalue weighted by Gasteiger charge is 2.29. The number of hydrogen-bond acceptors (Lipinski definition) is 14. The van der Waals surface area contributed by atoms with E-state index in [9.17, 15) is 43.5 Å². The molecule has 85 heavy (non-hydrogen) atoms. The minimum Gasteiger partial charge on any atom is -0.463 e. The van der Waals surface area contributed by atoms with Crippen molar-refractivity contribution in [2.75, 3.05) is 39.6 Å². The molecule has 0 aromatic carbocycles. The van der Waals surface area contributed by atoms with Crippen LogP contribution in [0.1, 0.15) is 278 Å². The van der Waals surface area contributed by atoms with E-state index in [4.69, 9.17) is 32.3 Å². The van der Waals surface area contributed by atoms with E-state index in [1.165, 1.54) is 89.9 Å². The van der Waals surface area contributed by atoms with Gasteiger partial charge >= 0.3 is 33.6 Å². The predicted octanol–water partition coefficient (Wildman–Crippen LogP) is 18.0. The minimum atomic E-state index is -4.91. The molecule has 5 atom stereocenters. The highest BCUT2D eigenvalue weighted by Crippen LogP contribution is 2.45. The second kappa shape index (κ2) is 61.2. The third-order valence-corrected chi connectivity index (χ3v) is 15.8. The molecule has 0 amide bonds. The summed E-state index contributed by atoms with van der Waals surface area (Å²) in [5, 5.41) is 20.5. The van der Waals surface area contributed by atoms with Gasteiger partial charge in [0.1, 0.15) is 25.4 Å². The lowest BCUT2D eigenvalue weighted by atomic mass is 10.1. The third kappa shape index (κ3) is 62.4. The second-order valence-corrected chi connectivity index (χ2v) is 25.2. The summed E-state index contributed by atoms with van der Waals surface area (Å²) >= 11 is 0. The number of aliphatic hydroxyl groups excluding tert-OH is 2. The summed E-state index contributed by atoms with van der Waals surface area (Å²) in [5.74, 6) is -1.58. The molecule has 0 saturated carbocycles. The van der Waals surface area contributed by atoms with Crippen LogP contribution in [0.4, 0.5) is 0 Å². The predicted molar refractivity (Wildman–Crippen MR) is 344 cm³/mol. The number of phosphoric acid groups is 2. The molecule has 0 rings (SSSR count). The van der Waals surface area contributed by atoms with Gasteiger partial charge in [-0.3, -0.25) is 32.5 Å². The summed E-state index contributed by atoms with van der Waals surface area (Å²) in [6, 6.07) is 0. The fraction of sp³-hybridized carbons (Fsp3) is 0.776. The van der Waals surface area contributed by atoms with E-state index in [0.29, 0.717) is 19.3 Å². The molecular weight excluding hydrogens is 1120 g/mol. The largest absolute Gasteiger partial charge is 0.472 e. The Morgan fingerprint density at radius 3 is 1.01 bits per heavy atom. The first kappa shape index (κ1) is 82.0. The molecule has 0 spiro atoms. The number of rotatable bonds is 63. The van der Waals surface area contributed by atoms with Crippen molar-refractivity contribution in [1.82, 2.24) is 0 Å². The molecule has 0 aliphatic rings. The van der Waals surface area contributed by atoms with E-state index in [0.717, 1.165) is 128 Å². The van der Waals surface area contributed by atoms with Crippen LogP contribution in [-0.2, 0) is 55.8 Å². The Kier molecular flexibility index (Phi) is 59.1. The van der Waals surface area contributed by atoms with Crippen molar-refractivity contribution in [2.24, 2.45) is 0 Å². The van der Waals surface area contributed by atoms with Crippen LogP contribution in [0.5, 0.6) is 0 Å². The number of ether oxygens (including phenoxy) is 3. The lowest BCUT2D eigenvalue weighted by molar-refractivity contribution is -0.161. The Labute approximate surface area is 515 Å². The van der Waals surface area contributed by atoms with Crippen molar-refractivity contribution < 1.29 is 75.8 Å². The molecule has 0 saturated heterocycles. The average Bonchev–Trinajstić information content (AvgIpc) is 3.60. The second-order valence-electron chi connectivity index (χ2n) is 22.2. The van der Waals surface area contributed by atoms with Crippen molar-refractivity contribution in [3.05, 3.63) is 72.9 Å².